The van der Waals surface area contributed by atoms with Crippen LogP contribution in [0.15, 0.2) is 4.52 Å². The number of nitrogens with zero attached hydrogens (tertiary/aromatic N) is 1. The van der Waals surface area contributed by atoms with E-state index < -0.39 is 0 Å². The minimum Gasteiger partial charge on any atom is -0.388 e. The van der Waals surface area contributed by atoms with Crippen LogP contribution in [-0.2, 0) is 6.61 Å². The Balaban J connectivity index is 2.47. The van der Waals surface area contributed by atoms with Crippen LogP contribution in [0, 0.1) is 6.92 Å². The van der Waals surface area contributed by atoms with Gasteiger partial charge in [0, 0.05) is 17.6 Å². The van der Waals surface area contributed by atoms with E-state index >= 15 is 0 Å². The predicted octanol–water partition coefficient (Wildman–Crippen LogP) is 2.15. The second-order valence-electron chi connectivity index (χ2n) is 5.94. The zero-order valence-electron chi connectivity index (χ0n) is 14.2. The average molecular weight is 311 g/mol. The van der Waals surface area contributed by atoms with Gasteiger partial charge in [-0.05, 0) is 39.7 Å². The largest absolute Gasteiger partial charge is 0.388 e. The number of unbranched alkanes of at least 4 members (excludes halogenated alkanes) is 1. The van der Waals surface area contributed by atoms with Gasteiger partial charge in [-0.2, -0.15) is 0 Å². The van der Waals surface area contributed by atoms with E-state index in [2.05, 4.69) is 36.6 Å². The van der Waals surface area contributed by atoms with Gasteiger partial charge in [0.1, 0.15) is 6.61 Å². The number of aliphatic hydroxyl groups is 1. The molecule has 0 spiro atoms. The molecule has 1 atom stereocenters. The summed E-state index contributed by atoms with van der Waals surface area (Å²) < 4.78 is 4.93. The van der Waals surface area contributed by atoms with Crippen LogP contribution in [0.2, 0.25) is 0 Å². The van der Waals surface area contributed by atoms with E-state index in [0.717, 1.165) is 25.8 Å². The number of carbonyl (C=O) groups is 1. The molecule has 1 unspecified atom stereocenters. The molecule has 0 radical (unpaired) electrons. The van der Waals surface area contributed by atoms with Crippen LogP contribution in [0.5, 0.6) is 0 Å². The minimum atomic E-state index is -0.257. The first-order valence-corrected chi connectivity index (χ1v) is 8.06. The molecule has 6 nitrogen and oxygen atoms in total. The lowest BCUT2D eigenvalue weighted by atomic mass is 9.94. The molecule has 0 aromatic carbocycles. The summed E-state index contributed by atoms with van der Waals surface area (Å²) >= 11 is 0. The molecule has 0 saturated heterocycles. The van der Waals surface area contributed by atoms with Gasteiger partial charge < -0.3 is 20.3 Å². The lowest BCUT2D eigenvalue weighted by molar-refractivity contribution is 0.0939. The molecule has 0 aliphatic rings. The summed E-state index contributed by atoms with van der Waals surface area (Å²) in [7, 11) is 0. The topological polar surface area (TPSA) is 87.4 Å². The van der Waals surface area contributed by atoms with E-state index in [4.69, 9.17) is 9.63 Å². The zero-order valence-corrected chi connectivity index (χ0v) is 14.2. The smallest absolute Gasteiger partial charge is 0.273 e. The van der Waals surface area contributed by atoms with E-state index in [-0.39, 0.29) is 23.7 Å². The highest BCUT2D eigenvalue weighted by molar-refractivity contribution is 5.93. The minimum absolute atomic E-state index is 0.0254. The first-order valence-electron chi connectivity index (χ1n) is 8.06. The third-order valence-corrected chi connectivity index (χ3v) is 4.20. The van der Waals surface area contributed by atoms with Crippen molar-refractivity contribution < 1.29 is 14.4 Å². The number of carbonyl (C=O) groups excluding carboxylic acids is 1. The van der Waals surface area contributed by atoms with Gasteiger partial charge in [-0.1, -0.05) is 25.4 Å². The molecule has 1 amide bonds. The number of rotatable bonds is 10. The summed E-state index contributed by atoms with van der Waals surface area (Å²) in [5, 5.41) is 19.2. The van der Waals surface area contributed by atoms with Crippen molar-refractivity contribution in [3.63, 3.8) is 0 Å². The number of hydrogen-bond donors (Lipinski definition) is 3. The fourth-order valence-electron chi connectivity index (χ4n) is 2.22. The summed E-state index contributed by atoms with van der Waals surface area (Å²) in [6.07, 6.45) is 4.18. The molecule has 1 heterocycles. The predicted molar refractivity (Wildman–Crippen MR) is 85.7 cm³/mol. The summed E-state index contributed by atoms with van der Waals surface area (Å²) in [6, 6.07) is 0. The lowest BCUT2D eigenvalue weighted by Gasteiger charge is -2.30. The summed E-state index contributed by atoms with van der Waals surface area (Å²) in [6.45, 7) is 9.54. The van der Waals surface area contributed by atoms with Gasteiger partial charge in [-0.3, -0.25) is 4.79 Å². The van der Waals surface area contributed by atoms with Crippen molar-refractivity contribution in [1.82, 2.24) is 15.8 Å². The number of nitrogens with one attached hydrogen (secondary N) is 2. The number of hydrogen-bond acceptors (Lipinski definition) is 5. The fraction of sp³-hybridized carbons (Fsp3) is 0.750. The molecule has 0 fully saturated rings. The van der Waals surface area contributed by atoms with Crippen LogP contribution >= 0.6 is 0 Å². The van der Waals surface area contributed by atoms with Gasteiger partial charge >= 0.3 is 0 Å². The summed E-state index contributed by atoms with van der Waals surface area (Å²) in [5.41, 5.74) is 0.873. The first kappa shape index (κ1) is 18.6. The maximum atomic E-state index is 12.1. The second-order valence-corrected chi connectivity index (χ2v) is 5.94. The van der Waals surface area contributed by atoms with Crippen molar-refractivity contribution >= 4 is 5.91 Å². The summed E-state index contributed by atoms with van der Waals surface area (Å²) in [5.74, 6) is 0.0812. The van der Waals surface area contributed by atoms with Crippen LogP contribution in [0.1, 0.15) is 68.3 Å². The zero-order chi connectivity index (χ0) is 16.6. The molecule has 126 valence electrons. The Morgan fingerprint density at radius 1 is 1.36 bits per heavy atom. The van der Waals surface area contributed by atoms with Crippen molar-refractivity contribution in [3.05, 3.63) is 17.0 Å². The van der Waals surface area contributed by atoms with Crippen molar-refractivity contribution in [1.29, 1.82) is 0 Å². The highest BCUT2D eigenvalue weighted by atomic mass is 16.5. The van der Waals surface area contributed by atoms with Crippen LogP contribution < -0.4 is 10.6 Å². The third-order valence-electron chi connectivity index (χ3n) is 4.20. The van der Waals surface area contributed by atoms with E-state index in [1.54, 1.807) is 6.92 Å². The first-order chi connectivity index (χ1) is 10.5. The third kappa shape index (κ3) is 5.10. The average Bonchev–Trinajstić information content (AvgIpc) is 2.88. The molecule has 0 aliphatic heterocycles. The van der Waals surface area contributed by atoms with Gasteiger partial charge in [-0.25, -0.2) is 0 Å². The highest BCUT2D eigenvalue weighted by Crippen LogP contribution is 2.15. The number of aliphatic hydroxyl groups excluding tert-OH is 1. The molecule has 0 bridgehead atoms. The fourth-order valence-corrected chi connectivity index (χ4v) is 2.22. The van der Waals surface area contributed by atoms with Crippen LogP contribution in [0.4, 0.5) is 0 Å². The van der Waals surface area contributed by atoms with Gasteiger partial charge in [0.05, 0.1) is 0 Å². The monoisotopic (exact) mass is 311 g/mol. The molecule has 6 heteroatoms. The van der Waals surface area contributed by atoms with Gasteiger partial charge in [0.25, 0.3) is 5.91 Å². The molecule has 1 aromatic rings. The maximum absolute atomic E-state index is 12.1. The summed E-state index contributed by atoms with van der Waals surface area (Å²) in [4.78, 5) is 12.1. The Morgan fingerprint density at radius 3 is 2.64 bits per heavy atom. The number of amides is 1. The van der Waals surface area contributed by atoms with Gasteiger partial charge in [0.2, 0.25) is 0 Å². The molecule has 3 N–H and O–H groups in total. The van der Waals surface area contributed by atoms with Crippen molar-refractivity contribution in [2.45, 2.75) is 65.5 Å². The van der Waals surface area contributed by atoms with Gasteiger partial charge in [0.15, 0.2) is 11.5 Å². The molecule has 22 heavy (non-hydrogen) atoms. The Morgan fingerprint density at radius 2 is 2.09 bits per heavy atom. The quantitative estimate of drug-likeness (QED) is 0.576. The Labute approximate surface area is 132 Å². The van der Waals surface area contributed by atoms with Crippen LogP contribution in [0.3, 0.4) is 0 Å². The Bertz CT molecular complexity index is 473. The number of aromatic nitrogens is 1. The molecule has 1 rings (SSSR count). The standard InChI is InChI=1S/C16H29N3O3/c1-5-7-9-18-16(4,6-2)8-10-17-15(21)14-12(3)13(11-20)22-19-14/h18,20H,5-11H2,1-4H3,(H,17,21). The molecule has 1 aromatic heterocycles. The van der Waals surface area contributed by atoms with Crippen molar-refractivity contribution in [2.24, 2.45) is 0 Å². The molecule has 0 aliphatic carbocycles. The van der Waals surface area contributed by atoms with Crippen LogP contribution in [-0.4, -0.2) is 34.8 Å². The molecular weight excluding hydrogens is 282 g/mol. The van der Waals surface area contributed by atoms with Crippen molar-refractivity contribution in [2.75, 3.05) is 13.1 Å². The highest BCUT2D eigenvalue weighted by Gasteiger charge is 2.22. The van der Waals surface area contributed by atoms with E-state index in [9.17, 15) is 4.79 Å². The molecular formula is C16H29N3O3. The van der Waals surface area contributed by atoms with Crippen LogP contribution in [0.25, 0.3) is 0 Å². The second kappa shape index (κ2) is 8.90. The Hall–Kier alpha value is -1.40. The normalized spacial score (nSPS) is 13.9. The van der Waals surface area contributed by atoms with E-state index in [1.165, 1.54) is 6.42 Å². The van der Waals surface area contributed by atoms with E-state index in [0.29, 0.717) is 17.9 Å². The van der Waals surface area contributed by atoms with Gasteiger partial charge in [-0.15, -0.1) is 0 Å². The van der Waals surface area contributed by atoms with E-state index in [1.807, 2.05) is 0 Å². The SMILES string of the molecule is CCCCNC(C)(CC)CCNC(=O)c1noc(CO)c1C. The van der Waals surface area contributed by atoms with Crippen molar-refractivity contribution in [3.8, 4) is 0 Å². The maximum Gasteiger partial charge on any atom is 0.273 e. The molecule has 0 saturated carbocycles. The lowest BCUT2D eigenvalue weighted by Crippen LogP contribution is -2.45. The Kier molecular flexibility index (Phi) is 7.55.